The number of benzene rings is 1. The van der Waals surface area contributed by atoms with Crippen molar-refractivity contribution < 1.29 is 22.0 Å². The van der Waals surface area contributed by atoms with E-state index in [1.807, 2.05) is 0 Å². The van der Waals surface area contributed by atoms with Gasteiger partial charge in [0.1, 0.15) is 5.82 Å². The van der Waals surface area contributed by atoms with Gasteiger partial charge in [-0.1, -0.05) is 18.2 Å². The minimum atomic E-state index is -4.09. The lowest BCUT2D eigenvalue weighted by molar-refractivity contribution is -0.125. The molecule has 0 aliphatic carbocycles. The second-order valence-corrected chi connectivity index (χ2v) is 3.26. The average molecular weight is 239 g/mol. The molecule has 0 unspecified atom stereocenters. The van der Waals surface area contributed by atoms with Crippen LogP contribution in [-0.4, -0.2) is 18.9 Å². The largest absolute Gasteiger partial charge is 0.319 e. The van der Waals surface area contributed by atoms with E-state index >= 15 is 0 Å². The van der Waals surface area contributed by atoms with Gasteiger partial charge in [-0.25, -0.2) is 13.2 Å². The second-order valence-electron chi connectivity index (χ2n) is 3.26. The highest BCUT2D eigenvalue weighted by Gasteiger charge is 2.39. The van der Waals surface area contributed by atoms with Crippen LogP contribution in [0, 0.1) is 5.82 Å². The molecule has 1 aromatic rings. The Kier molecular flexibility index (Phi) is 4.23. The number of rotatable bonds is 5. The van der Waals surface area contributed by atoms with E-state index in [1.54, 1.807) is 0 Å². The van der Waals surface area contributed by atoms with Gasteiger partial charge in [0.15, 0.2) is 0 Å². The van der Waals surface area contributed by atoms with Crippen LogP contribution in [0.4, 0.5) is 22.0 Å². The zero-order valence-corrected chi connectivity index (χ0v) is 8.19. The van der Waals surface area contributed by atoms with Crippen LogP contribution in [0.15, 0.2) is 24.3 Å². The Morgan fingerprint density at radius 2 is 1.81 bits per heavy atom. The van der Waals surface area contributed by atoms with Gasteiger partial charge in [-0.2, -0.15) is 8.78 Å². The maximum absolute atomic E-state index is 13.0. The van der Waals surface area contributed by atoms with Crippen molar-refractivity contribution in [1.29, 1.82) is 0 Å². The van der Waals surface area contributed by atoms with Crippen molar-refractivity contribution in [3.63, 3.8) is 0 Å². The summed E-state index contributed by atoms with van der Waals surface area (Å²) in [6.07, 6.45) is -3.72. The summed E-state index contributed by atoms with van der Waals surface area (Å²) in [4.78, 5) is 0. The van der Waals surface area contributed by atoms with Crippen LogP contribution in [0.3, 0.4) is 0 Å². The molecule has 0 aliphatic heterocycles. The Morgan fingerprint density at radius 3 is 2.38 bits per heavy atom. The summed E-state index contributed by atoms with van der Waals surface area (Å²) >= 11 is 0. The molecule has 0 spiro atoms. The molecule has 16 heavy (non-hydrogen) atoms. The first-order valence-corrected chi connectivity index (χ1v) is 4.53. The van der Waals surface area contributed by atoms with Crippen molar-refractivity contribution in [2.45, 2.75) is 18.9 Å². The first kappa shape index (κ1) is 12.9. The quantitative estimate of drug-likeness (QED) is 0.779. The van der Waals surface area contributed by atoms with Gasteiger partial charge >= 0.3 is 12.3 Å². The van der Waals surface area contributed by atoms with Crippen LogP contribution in [0.1, 0.15) is 5.56 Å². The summed E-state index contributed by atoms with van der Waals surface area (Å²) in [5, 5.41) is 2.09. The smallest absolute Gasteiger partial charge is 0.307 e. The van der Waals surface area contributed by atoms with Gasteiger partial charge < -0.3 is 5.32 Å². The normalized spacial score (nSPS) is 12.1. The van der Waals surface area contributed by atoms with E-state index in [-0.39, 0.29) is 12.1 Å². The Hall–Kier alpha value is -1.17. The molecule has 0 bridgehead atoms. The van der Waals surface area contributed by atoms with Crippen molar-refractivity contribution in [1.82, 2.24) is 5.32 Å². The second kappa shape index (κ2) is 5.25. The highest BCUT2D eigenvalue weighted by atomic mass is 19.3. The topological polar surface area (TPSA) is 12.0 Å². The number of nitrogens with one attached hydrogen (secondary N) is 1. The molecule has 0 radical (unpaired) electrons. The van der Waals surface area contributed by atoms with Gasteiger partial charge in [0.25, 0.3) is 0 Å². The Morgan fingerprint density at radius 1 is 1.19 bits per heavy atom. The third-order valence-corrected chi connectivity index (χ3v) is 1.95. The molecule has 1 nitrogen and oxygen atoms in total. The van der Waals surface area contributed by atoms with Crippen molar-refractivity contribution in [2.24, 2.45) is 0 Å². The zero-order valence-electron chi connectivity index (χ0n) is 8.19. The number of hydrogen-bond donors (Lipinski definition) is 1. The molecule has 1 rings (SSSR count). The fourth-order valence-corrected chi connectivity index (χ4v) is 1.08. The molecule has 6 heteroatoms. The number of halogens is 5. The van der Waals surface area contributed by atoms with E-state index in [0.29, 0.717) is 0 Å². The predicted molar refractivity (Wildman–Crippen MR) is 49.1 cm³/mol. The summed E-state index contributed by atoms with van der Waals surface area (Å²) < 4.78 is 61.4. The lowest BCUT2D eigenvalue weighted by Crippen LogP contribution is -2.38. The van der Waals surface area contributed by atoms with Crippen LogP contribution in [-0.2, 0) is 6.54 Å². The summed E-state index contributed by atoms with van der Waals surface area (Å²) in [5.41, 5.74) is 0.160. The molecular formula is C10H10F5N. The maximum Gasteiger partial charge on any atom is 0.319 e. The van der Waals surface area contributed by atoms with Crippen molar-refractivity contribution in [2.75, 3.05) is 6.54 Å². The zero-order chi connectivity index (χ0) is 12.2. The lowest BCUT2D eigenvalue weighted by atomic mass is 10.2. The van der Waals surface area contributed by atoms with Crippen LogP contribution >= 0.6 is 0 Å². The molecule has 0 aromatic heterocycles. The Bertz CT molecular complexity index is 340. The summed E-state index contributed by atoms with van der Waals surface area (Å²) in [5.74, 6) is -4.65. The molecular weight excluding hydrogens is 229 g/mol. The molecule has 0 amide bonds. The first-order valence-electron chi connectivity index (χ1n) is 4.53. The molecule has 90 valence electrons. The molecule has 0 heterocycles. The van der Waals surface area contributed by atoms with Crippen molar-refractivity contribution in [3.05, 3.63) is 35.6 Å². The SMILES string of the molecule is Fc1ccccc1CNCC(F)(F)C(F)F. The van der Waals surface area contributed by atoms with Crippen LogP contribution in [0.2, 0.25) is 0 Å². The monoisotopic (exact) mass is 239 g/mol. The summed E-state index contributed by atoms with van der Waals surface area (Å²) in [7, 11) is 0. The van der Waals surface area contributed by atoms with Crippen LogP contribution < -0.4 is 5.32 Å². The average Bonchev–Trinajstić information content (AvgIpc) is 2.20. The maximum atomic E-state index is 13.0. The Labute approximate surface area is 89.3 Å². The highest BCUT2D eigenvalue weighted by Crippen LogP contribution is 2.21. The van der Waals surface area contributed by atoms with Crippen molar-refractivity contribution >= 4 is 0 Å². The highest BCUT2D eigenvalue weighted by molar-refractivity contribution is 5.16. The fourth-order valence-electron chi connectivity index (χ4n) is 1.08. The molecule has 0 fully saturated rings. The van der Waals surface area contributed by atoms with Gasteiger partial charge in [-0.05, 0) is 6.07 Å². The Balaban J connectivity index is 2.45. The van der Waals surface area contributed by atoms with Gasteiger partial charge in [-0.3, -0.25) is 0 Å². The van der Waals surface area contributed by atoms with Gasteiger partial charge in [0.05, 0.1) is 6.54 Å². The van der Waals surface area contributed by atoms with Crippen LogP contribution in [0.5, 0.6) is 0 Å². The van der Waals surface area contributed by atoms with Crippen molar-refractivity contribution in [3.8, 4) is 0 Å². The lowest BCUT2D eigenvalue weighted by Gasteiger charge is -2.15. The van der Waals surface area contributed by atoms with Gasteiger partial charge in [-0.15, -0.1) is 0 Å². The number of alkyl halides is 4. The van der Waals surface area contributed by atoms with E-state index in [1.165, 1.54) is 24.3 Å². The summed E-state index contributed by atoms with van der Waals surface area (Å²) in [6.45, 7) is -1.39. The minimum Gasteiger partial charge on any atom is -0.307 e. The first-order chi connectivity index (χ1) is 7.43. The van der Waals surface area contributed by atoms with Crippen LogP contribution in [0.25, 0.3) is 0 Å². The predicted octanol–water partition coefficient (Wildman–Crippen LogP) is 2.82. The minimum absolute atomic E-state index is 0.160. The van der Waals surface area contributed by atoms with E-state index in [4.69, 9.17) is 0 Å². The van der Waals surface area contributed by atoms with E-state index < -0.39 is 24.7 Å². The molecule has 0 aliphatic rings. The van der Waals surface area contributed by atoms with Gasteiger partial charge in [0, 0.05) is 12.1 Å². The molecule has 0 saturated carbocycles. The third kappa shape index (κ3) is 3.44. The van der Waals surface area contributed by atoms with E-state index in [9.17, 15) is 22.0 Å². The standard InChI is InChI=1S/C10H10F5N/c11-8-4-2-1-3-7(8)5-16-6-10(14,15)9(12)13/h1-4,9,16H,5-6H2. The summed E-state index contributed by atoms with van der Waals surface area (Å²) in [6, 6.07) is 5.54. The molecule has 0 atom stereocenters. The molecule has 1 N–H and O–H groups in total. The number of hydrogen-bond acceptors (Lipinski definition) is 1. The van der Waals surface area contributed by atoms with Gasteiger partial charge in [0.2, 0.25) is 0 Å². The van der Waals surface area contributed by atoms with E-state index in [0.717, 1.165) is 0 Å². The fraction of sp³-hybridized carbons (Fsp3) is 0.400. The van der Waals surface area contributed by atoms with E-state index in [2.05, 4.69) is 5.32 Å². The molecule has 0 saturated heterocycles. The molecule has 1 aromatic carbocycles. The third-order valence-electron chi connectivity index (χ3n) is 1.95.